The second-order valence-corrected chi connectivity index (χ2v) is 41.6. The molecule has 0 radical (unpaired) electrons. The first-order chi connectivity index (χ1) is 30.4. The van der Waals surface area contributed by atoms with E-state index >= 15 is 0 Å². The summed E-state index contributed by atoms with van der Waals surface area (Å²) >= 11 is -1.65. The molecule has 8 saturated carbocycles. The fraction of sp³-hybridized carbons (Fsp3) is 0.729. The van der Waals surface area contributed by atoms with Crippen LogP contribution in [0.4, 0.5) is 0 Å². The molecular weight excluding hydrogens is 1090 g/mol. The number of rotatable bonds is 6. The first kappa shape index (κ1) is 63.1. The molecule has 0 N–H and O–H groups in total. The average Bonchev–Trinajstić information content (AvgIpc) is 4.05. The fourth-order valence-electron chi connectivity index (χ4n) is 19.4. The van der Waals surface area contributed by atoms with Gasteiger partial charge in [-0.25, -0.2) is 0 Å². The van der Waals surface area contributed by atoms with Crippen molar-refractivity contribution in [1.82, 2.24) is 0 Å². The van der Waals surface area contributed by atoms with Crippen LogP contribution >= 0.6 is 34.1 Å². The molecule has 0 bridgehead atoms. The summed E-state index contributed by atoms with van der Waals surface area (Å²) in [5, 5.41) is 0. The van der Waals surface area contributed by atoms with Gasteiger partial charge in [-0.2, -0.15) is 0 Å². The Labute approximate surface area is 456 Å². The Balaban J connectivity index is 0.000000302. The summed E-state index contributed by atoms with van der Waals surface area (Å²) in [4.78, 5) is 0. The van der Waals surface area contributed by atoms with Gasteiger partial charge in [0.1, 0.15) is 0 Å². The van der Waals surface area contributed by atoms with Gasteiger partial charge in [-0.05, 0) is 142 Å². The van der Waals surface area contributed by atoms with Crippen molar-refractivity contribution in [1.29, 1.82) is 0 Å². The minimum absolute atomic E-state index is 0. The Morgan fingerprint density at radius 1 is 0.388 bits per heavy atom. The zero-order valence-electron chi connectivity index (χ0n) is 44.5. The Hall–Kier alpha value is 1.80. The zero-order valence-corrected chi connectivity index (χ0v) is 54.5. The van der Waals surface area contributed by atoms with E-state index in [0.29, 0.717) is 0 Å². The van der Waals surface area contributed by atoms with Crippen molar-refractivity contribution in [2.24, 2.45) is 65.1 Å². The standard InChI is InChI=1S/C28H44Si.C27H42Si.4CH3.4ClH.2Zr/c1-19-17-22-13-8-9-14-24(22)27(19)29(3,4)28-20(2)18-26-23(15-10-16-25(26)28)21-11-6-5-7-12-21;1-19-18-25-22(20-10-5-4-6-11-20)14-9-15-24(25)27(19)28(2,3)26-17-16-21-12-7-8-13-23(21)26;;;;;;;;;;/h5-7,11-12,19-20,22-28H,8-10,13-18H2,1-4H3;4-6,10-11,19,21-27H,7-9,12-18H2,1-3H3;4*1H3;4*1H;;/q;;4*-1;;;;;2*+4/p-4. The van der Waals surface area contributed by atoms with E-state index in [9.17, 15) is 0 Å². The van der Waals surface area contributed by atoms with Gasteiger partial charge in [0.25, 0.3) is 0 Å². The van der Waals surface area contributed by atoms with Gasteiger partial charge in [-0.3, -0.25) is 0 Å². The van der Waals surface area contributed by atoms with Crippen molar-refractivity contribution in [3.05, 3.63) is 101 Å². The third kappa shape index (κ3) is 14.0. The molecule has 0 amide bonds. The van der Waals surface area contributed by atoms with E-state index in [4.69, 9.17) is 34.1 Å². The maximum absolute atomic E-state index is 4.93. The summed E-state index contributed by atoms with van der Waals surface area (Å²) in [5.74, 6) is 13.1. The van der Waals surface area contributed by atoms with E-state index in [-0.39, 0.29) is 29.7 Å². The average molecular weight is 1190 g/mol. The van der Waals surface area contributed by atoms with Crippen LogP contribution in [0.3, 0.4) is 0 Å². The van der Waals surface area contributed by atoms with E-state index in [1.807, 2.05) is 0 Å². The summed E-state index contributed by atoms with van der Waals surface area (Å²) in [6.07, 6.45) is 29.0. The second kappa shape index (κ2) is 29.2. The number of halogens is 4. The molecule has 8 heteroatoms. The molecule has 0 saturated heterocycles. The van der Waals surface area contributed by atoms with Gasteiger partial charge in [0, 0.05) is 0 Å². The predicted molar refractivity (Wildman–Crippen MR) is 301 cm³/mol. The van der Waals surface area contributed by atoms with Crippen molar-refractivity contribution in [2.45, 2.75) is 203 Å². The summed E-state index contributed by atoms with van der Waals surface area (Å²) in [6.45, 7) is 19.4. The molecule has 17 unspecified atom stereocenters. The molecule has 10 rings (SSSR count). The minimum atomic E-state index is -1.31. The third-order valence-electron chi connectivity index (χ3n) is 20.7. The van der Waals surface area contributed by atoms with Crippen LogP contribution in [0.1, 0.15) is 166 Å². The van der Waals surface area contributed by atoms with Gasteiger partial charge in [0.15, 0.2) is 0 Å². The van der Waals surface area contributed by atoms with E-state index in [1.54, 1.807) is 62.5 Å². The summed E-state index contributed by atoms with van der Waals surface area (Å²) in [6, 6.07) is 23.2. The Morgan fingerprint density at radius 2 is 0.761 bits per heavy atom. The van der Waals surface area contributed by atoms with Crippen LogP contribution in [-0.4, -0.2) is 16.1 Å². The molecule has 0 aromatic heterocycles. The van der Waals surface area contributed by atoms with E-state index in [2.05, 4.69) is 108 Å². The van der Waals surface area contributed by atoms with Crippen LogP contribution < -0.4 is 0 Å². The zero-order chi connectivity index (χ0) is 44.9. The molecule has 378 valence electrons. The van der Waals surface area contributed by atoms with Crippen molar-refractivity contribution in [2.75, 3.05) is 0 Å². The number of benzene rings is 2. The number of fused-ring (bicyclic) bond motifs is 4. The molecule has 0 aliphatic heterocycles. The summed E-state index contributed by atoms with van der Waals surface area (Å²) in [7, 11) is 17.2. The van der Waals surface area contributed by atoms with Crippen molar-refractivity contribution >= 4 is 50.2 Å². The van der Waals surface area contributed by atoms with Crippen molar-refractivity contribution in [3.8, 4) is 0 Å². The third-order valence-corrected chi connectivity index (χ3v) is 31.5. The van der Waals surface area contributed by atoms with Gasteiger partial charge in [0.2, 0.25) is 0 Å². The molecule has 8 fully saturated rings. The Morgan fingerprint density at radius 3 is 1.24 bits per heavy atom. The first-order valence-corrected chi connectivity index (χ1v) is 45.4. The van der Waals surface area contributed by atoms with Crippen LogP contribution in [0.2, 0.25) is 48.4 Å². The monoisotopic (exact) mass is 1180 g/mol. The predicted octanol–water partition coefficient (Wildman–Crippen LogP) is 21.4. The van der Waals surface area contributed by atoms with Crippen LogP contribution in [0, 0.1) is 94.8 Å². The SMILES string of the molecule is CC1CC2C(c3ccccc3)CCCC2C1[Si](C)(C)C1CCC2CCCCC21.CC1CC2CCCCC2C1[Si](C)(C)C1C(C)CC2C(c3ccccc3)CCCC21.[CH3-].[CH3-].[CH3-].[CH3-].[Cl][Zr+2][Cl].[Cl][Zr+2][Cl]. The molecule has 2 aromatic carbocycles. The normalized spacial score (nSPS) is 38.0. The van der Waals surface area contributed by atoms with Gasteiger partial charge >= 0.3 is 75.7 Å². The number of hydrogen-bond acceptors (Lipinski definition) is 0. The summed E-state index contributed by atoms with van der Waals surface area (Å²) < 4.78 is 0. The van der Waals surface area contributed by atoms with Gasteiger partial charge in [-0.15, -0.1) is 0 Å². The van der Waals surface area contributed by atoms with E-state index in [1.165, 1.54) is 70.6 Å². The van der Waals surface area contributed by atoms with Crippen molar-refractivity contribution in [3.63, 3.8) is 0 Å². The molecule has 0 nitrogen and oxygen atoms in total. The van der Waals surface area contributed by atoms with Gasteiger partial charge in [0.05, 0.1) is 16.1 Å². The molecule has 8 aliphatic carbocycles. The second-order valence-electron chi connectivity index (χ2n) is 24.2. The van der Waals surface area contributed by atoms with E-state index < -0.39 is 57.8 Å². The molecule has 8 aliphatic rings. The topological polar surface area (TPSA) is 0 Å². The van der Waals surface area contributed by atoms with E-state index in [0.717, 1.165) is 99.1 Å². The summed E-state index contributed by atoms with van der Waals surface area (Å²) in [5.41, 5.74) is 7.72. The fourth-order valence-corrected chi connectivity index (χ4v) is 32.2. The van der Waals surface area contributed by atoms with Crippen LogP contribution in [0.25, 0.3) is 0 Å². The van der Waals surface area contributed by atoms with Crippen LogP contribution in [0.15, 0.2) is 60.7 Å². The van der Waals surface area contributed by atoms with Crippen LogP contribution in [-0.2, 0) is 41.7 Å². The van der Waals surface area contributed by atoms with Gasteiger partial charge in [-0.1, -0.05) is 198 Å². The Bertz CT molecular complexity index is 1660. The van der Waals surface area contributed by atoms with Gasteiger partial charge < -0.3 is 29.7 Å². The maximum atomic E-state index is 4.93. The molecule has 17 atom stereocenters. The molecule has 0 heterocycles. The van der Waals surface area contributed by atoms with Crippen LogP contribution in [0.5, 0.6) is 0 Å². The molecule has 0 spiro atoms. The Kier molecular flexibility index (Phi) is 27.5. The number of hydrogen-bond donors (Lipinski definition) is 0. The quantitative estimate of drug-likeness (QED) is 0.200. The first-order valence-electron chi connectivity index (χ1n) is 26.4. The molecule has 2 aromatic rings. The molecule has 67 heavy (non-hydrogen) atoms. The van der Waals surface area contributed by atoms with Crippen molar-refractivity contribution < 1.29 is 41.7 Å². The molecular formula is C59H98Cl4Si2Zr2.